The number of rotatable bonds is 5. The van der Waals surface area contributed by atoms with Gasteiger partial charge in [-0.05, 0) is 38.5 Å². The number of aromatic nitrogens is 2. The van der Waals surface area contributed by atoms with E-state index in [0.717, 1.165) is 10.1 Å². The van der Waals surface area contributed by atoms with Crippen molar-refractivity contribution >= 4 is 27.5 Å². The summed E-state index contributed by atoms with van der Waals surface area (Å²) in [7, 11) is 1.57. The Bertz CT molecular complexity index is 1120. The molecule has 3 aromatic rings. The van der Waals surface area contributed by atoms with E-state index in [1.165, 1.54) is 25.2 Å². The topological polar surface area (TPSA) is 90.4 Å². The highest BCUT2D eigenvalue weighted by atomic mass is 32.1. The molecule has 3 rings (SSSR count). The van der Waals surface area contributed by atoms with Crippen LogP contribution < -0.4 is 16.0 Å². The maximum Gasteiger partial charge on any atom is 0.332 e. The van der Waals surface area contributed by atoms with E-state index in [-0.39, 0.29) is 6.61 Å². The van der Waals surface area contributed by atoms with Gasteiger partial charge in [-0.3, -0.25) is 9.78 Å². The summed E-state index contributed by atoms with van der Waals surface area (Å²) in [6.07, 6.45) is 0. The predicted octanol–water partition coefficient (Wildman–Crippen LogP) is 2.73. The quantitative estimate of drug-likeness (QED) is 0.679. The molecular formula is C19H20N2O5S. The fourth-order valence-corrected chi connectivity index (χ4v) is 3.88. The van der Waals surface area contributed by atoms with Gasteiger partial charge in [0.25, 0.3) is 5.56 Å². The van der Waals surface area contributed by atoms with Gasteiger partial charge >= 0.3 is 11.7 Å². The number of thiophene rings is 1. The molecular weight excluding hydrogens is 368 g/mol. The van der Waals surface area contributed by atoms with Crippen LogP contribution in [0.4, 0.5) is 0 Å². The molecule has 0 radical (unpaired) electrons. The third-order valence-electron chi connectivity index (χ3n) is 4.35. The Hall–Kier alpha value is -2.87. The van der Waals surface area contributed by atoms with Crippen LogP contribution in [0.1, 0.15) is 20.8 Å². The van der Waals surface area contributed by atoms with E-state index in [2.05, 4.69) is 4.98 Å². The summed E-state index contributed by atoms with van der Waals surface area (Å²) in [5.41, 5.74) is -1.17. The van der Waals surface area contributed by atoms with E-state index < -0.39 is 22.8 Å². The van der Waals surface area contributed by atoms with Gasteiger partial charge in [0.15, 0.2) is 0 Å². The summed E-state index contributed by atoms with van der Waals surface area (Å²) in [4.78, 5) is 41.3. The number of benzene rings is 1. The highest BCUT2D eigenvalue weighted by Crippen LogP contribution is 2.32. The number of nitrogens with one attached hydrogen (secondary N) is 1. The minimum atomic E-state index is -1.44. The molecule has 0 saturated carbocycles. The molecule has 0 atom stereocenters. The number of aromatic amines is 1. The summed E-state index contributed by atoms with van der Waals surface area (Å²) in [6.45, 7) is 4.81. The van der Waals surface area contributed by atoms with Crippen molar-refractivity contribution in [2.45, 2.75) is 26.3 Å². The van der Waals surface area contributed by atoms with Crippen LogP contribution in [0.3, 0.4) is 0 Å². The smallest absolute Gasteiger partial charge is 0.332 e. The molecule has 1 N–H and O–H groups in total. The molecule has 7 nitrogen and oxygen atoms in total. The molecule has 0 aliphatic heterocycles. The molecule has 0 aliphatic carbocycles. The molecule has 0 amide bonds. The number of esters is 1. The lowest BCUT2D eigenvalue weighted by Crippen LogP contribution is -2.51. The predicted molar refractivity (Wildman–Crippen MR) is 105 cm³/mol. The number of hydrogen-bond donors (Lipinski definition) is 1. The number of H-pyrrole nitrogens is 1. The van der Waals surface area contributed by atoms with Crippen molar-refractivity contribution in [3.63, 3.8) is 0 Å². The summed E-state index contributed by atoms with van der Waals surface area (Å²) in [6, 6.07) is 7.30. The van der Waals surface area contributed by atoms with Gasteiger partial charge in [-0.15, -0.1) is 11.3 Å². The number of ether oxygens (including phenoxy) is 2. The van der Waals surface area contributed by atoms with Crippen LogP contribution in [0.15, 0.2) is 39.2 Å². The highest BCUT2D eigenvalue weighted by molar-refractivity contribution is 7.17. The Morgan fingerprint density at radius 3 is 2.70 bits per heavy atom. The molecule has 0 unspecified atom stereocenters. The maximum absolute atomic E-state index is 13.2. The van der Waals surface area contributed by atoms with Gasteiger partial charge in [-0.25, -0.2) is 14.2 Å². The van der Waals surface area contributed by atoms with Crippen molar-refractivity contribution in [2.75, 3.05) is 13.7 Å². The van der Waals surface area contributed by atoms with Crippen molar-refractivity contribution < 1.29 is 14.3 Å². The first-order valence-corrected chi connectivity index (χ1v) is 9.27. The molecule has 142 valence electrons. The van der Waals surface area contributed by atoms with E-state index in [9.17, 15) is 14.4 Å². The van der Waals surface area contributed by atoms with Crippen molar-refractivity contribution in [1.82, 2.24) is 9.55 Å². The number of nitrogens with zero attached hydrogens (tertiary/aromatic N) is 1. The summed E-state index contributed by atoms with van der Waals surface area (Å²) >= 11 is 1.26. The number of hydrogen-bond acceptors (Lipinski definition) is 6. The van der Waals surface area contributed by atoms with Gasteiger partial charge in [-0.1, -0.05) is 12.1 Å². The molecule has 2 aromatic heterocycles. The van der Waals surface area contributed by atoms with E-state index >= 15 is 0 Å². The van der Waals surface area contributed by atoms with E-state index in [4.69, 9.17) is 9.47 Å². The fourth-order valence-electron chi connectivity index (χ4n) is 2.93. The average Bonchev–Trinajstić information content (AvgIpc) is 3.05. The number of methoxy groups -OCH3 is 1. The van der Waals surface area contributed by atoms with Crippen LogP contribution in [-0.4, -0.2) is 29.2 Å². The van der Waals surface area contributed by atoms with Gasteiger partial charge in [-0.2, -0.15) is 0 Å². The van der Waals surface area contributed by atoms with Crippen molar-refractivity contribution in [3.05, 3.63) is 50.5 Å². The van der Waals surface area contributed by atoms with Crippen LogP contribution in [0.25, 0.3) is 21.3 Å². The molecule has 0 aliphatic rings. The first kappa shape index (κ1) is 18.9. The number of fused-ring (bicyclic) bond motifs is 1. The van der Waals surface area contributed by atoms with Gasteiger partial charge < -0.3 is 9.47 Å². The van der Waals surface area contributed by atoms with Crippen LogP contribution in [0.2, 0.25) is 0 Å². The minimum absolute atomic E-state index is 0.157. The average molecular weight is 388 g/mol. The number of carbonyl (C=O) groups is 1. The van der Waals surface area contributed by atoms with Crippen LogP contribution in [0, 0.1) is 0 Å². The van der Waals surface area contributed by atoms with Gasteiger partial charge in [0.2, 0.25) is 0 Å². The second kappa shape index (κ2) is 7.03. The first-order valence-electron chi connectivity index (χ1n) is 8.40. The maximum atomic E-state index is 13.2. The molecule has 0 fully saturated rings. The third-order valence-corrected chi connectivity index (χ3v) is 5.24. The van der Waals surface area contributed by atoms with Gasteiger partial charge in [0, 0.05) is 10.9 Å². The van der Waals surface area contributed by atoms with Crippen LogP contribution >= 0.6 is 11.3 Å². The Morgan fingerprint density at radius 1 is 1.30 bits per heavy atom. The zero-order valence-electron chi connectivity index (χ0n) is 15.5. The standard InChI is InChI=1S/C19H20N2O5S/c1-5-26-17(23)19(2,3)21-16(22)14-13(10-27-15(14)20-18(21)24)11-7-6-8-12(9-11)25-4/h6-10H,5H2,1-4H3,(H,20,24). The van der Waals surface area contributed by atoms with Gasteiger partial charge in [0.05, 0.1) is 19.1 Å². The lowest BCUT2D eigenvalue weighted by molar-refractivity contribution is -0.152. The lowest BCUT2D eigenvalue weighted by Gasteiger charge is -2.24. The largest absolute Gasteiger partial charge is 0.497 e. The monoisotopic (exact) mass is 388 g/mol. The van der Waals surface area contributed by atoms with Crippen LogP contribution in [-0.2, 0) is 15.1 Å². The van der Waals surface area contributed by atoms with Gasteiger partial charge in [0.1, 0.15) is 16.1 Å². The first-order chi connectivity index (χ1) is 12.8. The summed E-state index contributed by atoms with van der Waals surface area (Å²) in [5, 5.41) is 2.16. The molecule has 27 heavy (non-hydrogen) atoms. The van der Waals surface area contributed by atoms with E-state index in [1.807, 2.05) is 24.3 Å². The fraction of sp³-hybridized carbons (Fsp3) is 0.316. The molecule has 8 heteroatoms. The Labute approximate surface area is 159 Å². The number of carbonyl (C=O) groups excluding carboxylic acids is 1. The zero-order chi connectivity index (χ0) is 19.8. The molecule has 0 saturated heterocycles. The van der Waals surface area contributed by atoms with Crippen LogP contribution in [0.5, 0.6) is 5.75 Å². The second-order valence-electron chi connectivity index (χ2n) is 6.44. The highest BCUT2D eigenvalue weighted by Gasteiger charge is 2.35. The summed E-state index contributed by atoms with van der Waals surface area (Å²) in [5.74, 6) is 0.0126. The molecule has 0 spiro atoms. The normalized spacial score (nSPS) is 11.6. The molecule has 1 aromatic carbocycles. The van der Waals surface area contributed by atoms with E-state index in [0.29, 0.717) is 21.5 Å². The third kappa shape index (κ3) is 3.16. The van der Waals surface area contributed by atoms with Crippen molar-refractivity contribution in [2.24, 2.45) is 0 Å². The Balaban J connectivity index is 2.29. The second-order valence-corrected chi connectivity index (χ2v) is 7.32. The molecule has 2 heterocycles. The van der Waals surface area contributed by atoms with Crippen molar-refractivity contribution in [1.29, 1.82) is 0 Å². The zero-order valence-corrected chi connectivity index (χ0v) is 16.3. The Morgan fingerprint density at radius 2 is 2.04 bits per heavy atom. The SMILES string of the molecule is CCOC(=O)C(C)(C)n1c(=O)[nH]c2scc(-c3cccc(OC)c3)c2c1=O. The lowest BCUT2D eigenvalue weighted by atomic mass is 10.0. The van der Waals surface area contributed by atoms with Crippen molar-refractivity contribution in [3.8, 4) is 16.9 Å². The summed E-state index contributed by atoms with van der Waals surface area (Å²) < 4.78 is 11.2. The molecule has 0 bridgehead atoms. The Kier molecular flexibility index (Phi) is 4.93. The van der Waals surface area contributed by atoms with E-state index in [1.54, 1.807) is 19.4 Å². The minimum Gasteiger partial charge on any atom is -0.497 e.